The van der Waals surface area contributed by atoms with Gasteiger partial charge in [0.05, 0.1) is 6.61 Å². The average molecular weight is 319 g/mol. The summed E-state index contributed by atoms with van der Waals surface area (Å²) >= 11 is 0. The third-order valence-electron chi connectivity index (χ3n) is 4.68. The molecule has 1 aromatic carbocycles. The standard InChI is InChI=1S/C18H29N3O2/c1-5-21-12-11-16(13-14(21)3)20(4)18(22)19-15-7-9-17(10-8-15)23-6-2/h7-10,14,16H,5-6,11-13H2,1-4H3,(H,19,22)/t14-,16+/m0/s1. The Morgan fingerprint density at radius 2 is 2.04 bits per heavy atom. The molecule has 2 atom stereocenters. The van der Waals surface area contributed by atoms with Gasteiger partial charge in [-0.3, -0.25) is 0 Å². The maximum atomic E-state index is 12.5. The van der Waals surface area contributed by atoms with Gasteiger partial charge in [0.15, 0.2) is 0 Å². The minimum atomic E-state index is -0.0451. The van der Waals surface area contributed by atoms with Crippen molar-refractivity contribution in [1.82, 2.24) is 9.80 Å². The van der Waals surface area contributed by atoms with Crippen molar-refractivity contribution < 1.29 is 9.53 Å². The summed E-state index contributed by atoms with van der Waals surface area (Å²) in [6.45, 7) is 9.17. The van der Waals surface area contributed by atoms with Crippen LogP contribution in [0.1, 0.15) is 33.6 Å². The lowest BCUT2D eigenvalue weighted by molar-refractivity contribution is 0.104. The predicted octanol–water partition coefficient (Wildman–Crippen LogP) is 3.42. The van der Waals surface area contributed by atoms with Crippen molar-refractivity contribution in [3.8, 4) is 5.75 Å². The first kappa shape index (κ1) is 17.6. The van der Waals surface area contributed by atoms with E-state index in [0.29, 0.717) is 18.7 Å². The van der Waals surface area contributed by atoms with Gasteiger partial charge in [0.25, 0.3) is 0 Å². The number of urea groups is 1. The van der Waals surface area contributed by atoms with E-state index in [1.54, 1.807) is 0 Å². The van der Waals surface area contributed by atoms with Gasteiger partial charge in [-0.25, -0.2) is 4.79 Å². The van der Waals surface area contributed by atoms with E-state index in [1.807, 2.05) is 43.1 Å². The topological polar surface area (TPSA) is 44.8 Å². The summed E-state index contributed by atoms with van der Waals surface area (Å²) < 4.78 is 5.41. The summed E-state index contributed by atoms with van der Waals surface area (Å²) in [5.41, 5.74) is 0.796. The minimum absolute atomic E-state index is 0.0451. The smallest absolute Gasteiger partial charge is 0.321 e. The number of nitrogens with zero attached hydrogens (tertiary/aromatic N) is 2. The second-order valence-electron chi connectivity index (χ2n) is 6.15. The van der Waals surface area contributed by atoms with Crippen LogP contribution in [0.2, 0.25) is 0 Å². The van der Waals surface area contributed by atoms with Gasteiger partial charge in [0.2, 0.25) is 0 Å². The lowest BCUT2D eigenvalue weighted by atomic mass is 9.97. The number of hydrogen-bond acceptors (Lipinski definition) is 3. The minimum Gasteiger partial charge on any atom is -0.494 e. The molecule has 1 N–H and O–H groups in total. The fourth-order valence-corrected chi connectivity index (χ4v) is 3.20. The van der Waals surface area contributed by atoms with E-state index in [0.717, 1.165) is 37.4 Å². The number of carbonyl (C=O) groups is 1. The number of rotatable bonds is 5. The molecule has 0 saturated carbocycles. The second-order valence-corrected chi connectivity index (χ2v) is 6.15. The number of ether oxygens (including phenoxy) is 1. The molecule has 0 radical (unpaired) electrons. The first-order chi connectivity index (χ1) is 11.0. The van der Waals surface area contributed by atoms with E-state index in [-0.39, 0.29) is 6.03 Å². The molecule has 5 heteroatoms. The van der Waals surface area contributed by atoms with Crippen LogP contribution in [0.25, 0.3) is 0 Å². The molecule has 0 aliphatic carbocycles. The summed E-state index contributed by atoms with van der Waals surface area (Å²) in [7, 11) is 1.89. The summed E-state index contributed by atoms with van der Waals surface area (Å²) in [5, 5.41) is 2.97. The summed E-state index contributed by atoms with van der Waals surface area (Å²) in [6.07, 6.45) is 2.06. The first-order valence-electron chi connectivity index (χ1n) is 8.55. The molecule has 2 rings (SSSR count). The van der Waals surface area contributed by atoms with Crippen molar-refractivity contribution in [3.05, 3.63) is 24.3 Å². The molecule has 1 aromatic rings. The highest BCUT2D eigenvalue weighted by Crippen LogP contribution is 2.22. The monoisotopic (exact) mass is 319 g/mol. The molecule has 128 valence electrons. The third-order valence-corrected chi connectivity index (χ3v) is 4.68. The molecule has 0 aromatic heterocycles. The van der Waals surface area contributed by atoms with Crippen molar-refractivity contribution in [2.24, 2.45) is 0 Å². The number of benzene rings is 1. The lowest BCUT2D eigenvalue weighted by Gasteiger charge is -2.40. The zero-order valence-electron chi connectivity index (χ0n) is 14.7. The fourth-order valence-electron chi connectivity index (χ4n) is 3.20. The van der Waals surface area contributed by atoms with Gasteiger partial charge in [0.1, 0.15) is 5.75 Å². The Labute approximate surface area is 139 Å². The highest BCUT2D eigenvalue weighted by atomic mass is 16.5. The van der Waals surface area contributed by atoms with Gasteiger partial charge in [-0.15, -0.1) is 0 Å². The van der Waals surface area contributed by atoms with Crippen molar-refractivity contribution in [3.63, 3.8) is 0 Å². The molecule has 1 aliphatic rings. The number of piperidine rings is 1. The van der Waals surface area contributed by atoms with Crippen molar-refractivity contribution in [1.29, 1.82) is 0 Å². The predicted molar refractivity (Wildman–Crippen MR) is 94.1 cm³/mol. The van der Waals surface area contributed by atoms with Crippen LogP contribution in [0.3, 0.4) is 0 Å². The van der Waals surface area contributed by atoms with Crippen molar-refractivity contribution in [2.45, 2.75) is 45.7 Å². The Morgan fingerprint density at radius 1 is 1.35 bits per heavy atom. The molecule has 0 spiro atoms. The normalized spacial score (nSPS) is 21.7. The third kappa shape index (κ3) is 4.61. The van der Waals surface area contributed by atoms with Crippen LogP contribution < -0.4 is 10.1 Å². The lowest BCUT2D eigenvalue weighted by Crippen LogP contribution is -2.50. The van der Waals surface area contributed by atoms with E-state index >= 15 is 0 Å². The number of nitrogens with one attached hydrogen (secondary N) is 1. The molecular formula is C18H29N3O2. The van der Waals surface area contributed by atoms with Gasteiger partial charge in [-0.05, 0) is 57.5 Å². The highest BCUT2D eigenvalue weighted by molar-refractivity contribution is 5.89. The molecule has 1 saturated heterocycles. The molecule has 0 bridgehead atoms. The fraction of sp³-hybridized carbons (Fsp3) is 0.611. The molecule has 1 heterocycles. The van der Waals surface area contributed by atoms with Gasteiger partial charge in [0, 0.05) is 31.4 Å². The van der Waals surface area contributed by atoms with E-state index in [1.165, 1.54) is 0 Å². The second kappa shape index (κ2) is 8.20. The van der Waals surface area contributed by atoms with E-state index in [2.05, 4.69) is 24.1 Å². The van der Waals surface area contributed by atoms with Crippen LogP contribution in [0.15, 0.2) is 24.3 Å². The molecule has 1 aliphatic heterocycles. The van der Waals surface area contributed by atoms with Gasteiger partial charge in [-0.1, -0.05) is 6.92 Å². The Hall–Kier alpha value is -1.75. The number of hydrogen-bond donors (Lipinski definition) is 1. The zero-order valence-corrected chi connectivity index (χ0v) is 14.7. The Morgan fingerprint density at radius 3 is 2.61 bits per heavy atom. The maximum Gasteiger partial charge on any atom is 0.321 e. The van der Waals surface area contributed by atoms with Crippen LogP contribution >= 0.6 is 0 Å². The summed E-state index contributed by atoms with van der Waals surface area (Å²) in [4.78, 5) is 16.8. The van der Waals surface area contributed by atoms with Crippen molar-refractivity contribution in [2.75, 3.05) is 32.1 Å². The maximum absolute atomic E-state index is 12.5. The Bertz CT molecular complexity index is 503. The summed E-state index contributed by atoms with van der Waals surface area (Å²) in [6, 6.07) is 8.28. The van der Waals surface area contributed by atoms with Gasteiger partial charge >= 0.3 is 6.03 Å². The van der Waals surface area contributed by atoms with Crippen LogP contribution in [0, 0.1) is 0 Å². The molecule has 0 unspecified atom stereocenters. The molecule has 23 heavy (non-hydrogen) atoms. The van der Waals surface area contributed by atoms with E-state index in [4.69, 9.17) is 4.74 Å². The highest BCUT2D eigenvalue weighted by Gasteiger charge is 2.29. The van der Waals surface area contributed by atoms with Gasteiger partial charge < -0.3 is 19.9 Å². The SMILES string of the molecule is CCOc1ccc(NC(=O)N(C)[C@@H]2CCN(CC)[C@@H](C)C2)cc1. The molecule has 1 fully saturated rings. The molecule has 5 nitrogen and oxygen atoms in total. The number of likely N-dealkylation sites (tertiary alicyclic amines) is 1. The summed E-state index contributed by atoms with van der Waals surface area (Å²) in [5.74, 6) is 0.819. The molecule has 2 amide bonds. The Balaban J connectivity index is 1.89. The average Bonchev–Trinajstić information content (AvgIpc) is 2.56. The van der Waals surface area contributed by atoms with Crippen LogP contribution in [0.5, 0.6) is 5.75 Å². The van der Waals surface area contributed by atoms with Crippen LogP contribution in [0.4, 0.5) is 10.5 Å². The largest absolute Gasteiger partial charge is 0.494 e. The molecular weight excluding hydrogens is 290 g/mol. The van der Waals surface area contributed by atoms with Crippen LogP contribution in [-0.4, -0.2) is 54.7 Å². The number of amides is 2. The van der Waals surface area contributed by atoms with E-state index < -0.39 is 0 Å². The first-order valence-corrected chi connectivity index (χ1v) is 8.55. The number of anilines is 1. The van der Waals surface area contributed by atoms with Crippen molar-refractivity contribution >= 4 is 11.7 Å². The zero-order chi connectivity index (χ0) is 16.8. The number of carbonyl (C=O) groups excluding carboxylic acids is 1. The van der Waals surface area contributed by atoms with Crippen LogP contribution in [-0.2, 0) is 0 Å². The quantitative estimate of drug-likeness (QED) is 0.904. The van der Waals surface area contributed by atoms with E-state index in [9.17, 15) is 4.79 Å². The van der Waals surface area contributed by atoms with Gasteiger partial charge in [-0.2, -0.15) is 0 Å². The Kier molecular flexibility index (Phi) is 6.28.